The molecule has 1 fully saturated rings. The number of furan rings is 1. The number of rotatable bonds is 4. The number of hydrogen-bond donors (Lipinski definition) is 2. The van der Waals surface area contributed by atoms with Gasteiger partial charge in [-0.3, -0.25) is 4.79 Å². The molecule has 1 aliphatic rings. The molecule has 1 aromatic carbocycles. The van der Waals surface area contributed by atoms with Gasteiger partial charge in [0, 0.05) is 11.1 Å². The highest BCUT2D eigenvalue weighted by Crippen LogP contribution is 2.32. The fourth-order valence-electron chi connectivity index (χ4n) is 2.44. The van der Waals surface area contributed by atoms with Crippen molar-refractivity contribution in [3.63, 3.8) is 0 Å². The Morgan fingerprint density at radius 1 is 1.14 bits per heavy atom. The van der Waals surface area contributed by atoms with Crippen molar-refractivity contribution in [3.8, 4) is 11.3 Å². The molecule has 1 aromatic heterocycles. The predicted molar refractivity (Wildman–Crippen MR) is 75.8 cm³/mol. The molecule has 21 heavy (non-hydrogen) atoms. The van der Waals surface area contributed by atoms with Crippen LogP contribution in [0.3, 0.4) is 0 Å². The molecule has 1 aliphatic carbocycles. The van der Waals surface area contributed by atoms with E-state index in [1.807, 2.05) is 6.07 Å². The quantitative estimate of drug-likeness (QED) is 0.905. The maximum Gasteiger partial charge on any atom is 0.329 e. The normalized spacial score (nSPS) is 16.0. The lowest BCUT2D eigenvalue weighted by Gasteiger charge is -2.38. The molecule has 1 heterocycles. The molecule has 0 saturated heterocycles. The van der Waals surface area contributed by atoms with Crippen molar-refractivity contribution < 1.29 is 19.1 Å². The van der Waals surface area contributed by atoms with E-state index in [0.29, 0.717) is 18.4 Å². The minimum Gasteiger partial charge on any atom is -0.480 e. The summed E-state index contributed by atoms with van der Waals surface area (Å²) in [5.74, 6) is -0.597. The zero-order valence-corrected chi connectivity index (χ0v) is 11.3. The van der Waals surface area contributed by atoms with Crippen LogP contribution < -0.4 is 5.32 Å². The Hall–Kier alpha value is -2.56. The molecule has 3 rings (SSSR count). The van der Waals surface area contributed by atoms with Crippen LogP contribution in [0.25, 0.3) is 11.3 Å². The Morgan fingerprint density at radius 3 is 2.33 bits per heavy atom. The van der Waals surface area contributed by atoms with Gasteiger partial charge in [-0.1, -0.05) is 12.1 Å². The molecule has 1 saturated carbocycles. The molecule has 1 amide bonds. The van der Waals surface area contributed by atoms with Crippen LogP contribution in [0.2, 0.25) is 0 Å². The summed E-state index contributed by atoms with van der Waals surface area (Å²) >= 11 is 0. The molecule has 2 aromatic rings. The third-order valence-corrected chi connectivity index (χ3v) is 3.92. The van der Waals surface area contributed by atoms with E-state index in [1.54, 1.807) is 36.6 Å². The van der Waals surface area contributed by atoms with E-state index in [0.717, 1.165) is 17.7 Å². The van der Waals surface area contributed by atoms with Gasteiger partial charge in [0.05, 0.1) is 6.26 Å². The third kappa shape index (κ3) is 2.42. The molecule has 0 radical (unpaired) electrons. The second kappa shape index (κ2) is 5.09. The minimum atomic E-state index is -1.09. The van der Waals surface area contributed by atoms with E-state index in [-0.39, 0.29) is 5.91 Å². The SMILES string of the molecule is O=C(NC1(C(=O)O)CCC1)c1ccc(-c2ccco2)cc1. The summed E-state index contributed by atoms with van der Waals surface area (Å²) in [5.41, 5.74) is 0.225. The fourth-order valence-corrected chi connectivity index (χ4v) is 2.44. The minimum absolute atomic E-state index is 0.358. The van der Waals surface area contributed by atoms with Crippen LogP contribution in [0.4, 0.5) is 0 Å². The molecule has 5 heteroatoms. The number of benzene rings is 1. The molecular formula is C16H15NO4. The molecule has 0 spiro atoms. The number of carbonyl (C=O) groups excluding carboxylic acids is 1. The first-order valence-electron chi connectivity index (χ1n) is 6.81. The van der Waals surface area contributed by atoms with Crippen molar-refractivity contribution in [1.29, 1.82) is 0 Å². The number of aliphatic carboxylic acids is 1. The second-order valence-electron chi connectivity index (χ2n) is 5.25. The van der Waals surface area contributed by atoms with Gasteiger partial charge in [-0.25, -0.2) is 4.79 Å². The zero-order valence-electron chi connectivity index (χ0n) is 11.3. The number of amides is 1. The van der Waals surface area contributed by atoms with Crippen LogP contribution >= 0.6 is 0 Å². The number of nitrogens with one attached hydrogen (secondary N) is 1. The topological polar surface area (TPSA) is 79.5 Å². The van der Waals surface area contributed by atoms with Gasteiger partial charge in [-0.2, -0.15) is 0 Å². The number of carbonyl (C=O) groups is 2. The fraction of sp³-hybridized carbons (Fsp3) is 0.250. The van der Waals surface area contributed by atoms with Gasteiger partial charge in [-0.05, 0) is 43.5 Å². The van der Waals surface area contributed by atoms with Crippen molar-refractivity contribution >= 4 is 11.9 Å². The van der Waals surface area contributed by atoms with Crippen LogP contribution in [0.15, 0.2) is 47.1 Å². The van der Waals surface area contributed by atoms with Crippen molar-refractivity contribution in [2.75, 3.05) is 0 Å². The highest BCUT2D eigenvalue weighted by Gasteiger charge is 2.45. The average Bonchev–Trinajstić information content (AvgIpc) is 2.96. The lowest BCUT2D eigenvalue weighted by molar-refractivity contribution is -0.148. The summed E-state index contributed by atoms with van der Waals surface area (Å²) in [6.45, 7) is 0. The summed E-state index contributed by atoms with van der Waals surface area (Å²) in [6, 6.07) is 10.5. The first kappa shape index (κ1) is 13.4. The number of carboxylic acids is 1. The smallest absolute Gasteiger partial charge is 0.329 e. The van der Waals surface area contributed by atoms with Crippen molar-refractivity contribution in [2.24, 2.45) is 0 Å². The van der Waals surface area contributed by atoms with Gasteiger partial charge in [0.15, 0.2) is 0 Å². The molecule has 0 aliphatic heterocycles. The third-order valence-electron chi connectivity index (χ3n) is 3.92. The van der Waals surface area contributed by atoms with Crippen LogP contribution in [0.1, 0.15) is 29.6 Å². The van der Waals surface area contributed by atoms with Crippen molar-refractivity contribution in [1.82, 2.24) is 5.32 Å². The standard InChI is InChI=1S/C16H15NO4/c18-14(17-16(15(19)20)8-2-9-16)12-6-4-11(5-7-12)13-3-1-10-21-13/h1,3-7,10H,2,8-9H2,(H,17,18)(H,19,20). The Kier molecular flexibility index (Phi) is 3.25. The summed E-state index contributed by atoms with van der Waals surface area (Å²) in [4.78, 5) is 23.4. The number of carboxylic acid groups (broad SMARTS) is 1. The van der Waals surface area contributed by atoms with Crippen LogP contribution in [-0.4, -0.2) is 22.5 Å². The lowest BCUT2D eigenvalue weighted by Crippen LogP contribution is -2.59. The first-order valence-corrected chi connectivity index (χ1v) is 6.81. The monoisotopic (exact) mass is 285 g/mol. The van der Waals surface area contributed by atoms with Crippen LogP contribution in [0, 0.1) is 0 Å². The molecule has 108 valence electrons. The summed E-state index contributed by atoms with van der Waals surface area (Å²) < 4.78 is 5.28. The summed E-state index contributed by atoms with van der Waals surface area (Å²) in [7, 11) is 0. The number of hydrogen-bond acceptors (Lipinski definition) is 3. The van der Waals surface area contributed by atoms with E-state index in [1.165, 1.54) is 0 Å². The summed E-state index contributed by atoms with van der Waals surface area (Å²) in [5, 5.41) is 11.9. The van der Waals surface area contributed by atoms with E-state index in [4.69, 9.17) is 4.42 Å². The van der Waals surface area contributed by atoms with Crippen molar-refractivity contribution in [2.45, 2.75) is 24.8 Å². The Morgan fingerprint density at radius 2 is 1.86 bits per heavy atom. The zero-order chi connectivity index (χ0) is 14.9. The lowest BCUT2D eigenvalue weighted by atomic mass is 9.76. The van der Waals surface area contributed by atoms with Gasteiger partial charge in [0.25, 0.3) is 5.91 Å². The van der Waals surface area contributed by atoms with Gasteiger partial charge in [-0.15, -0.1) is 0 Å². The maximum absolute atomic E-state index is 12.2. The van der Waals surface area contributed by atoms with Gasteiger partial charge in [0.2, 0.25) is 0 Å². The van der Waals surface area contributed by atoms with Crippen molar-refractivity contribution in [3.05, 3.63) is 48.2 Å². The molecule has 0 unspecified atom stereocenters. The van der Waals surface area contributed by atoms with E-state index < -0.39 is 11.5 Å². The van der Waals surface area contributed by atoms with Gasteiger partial charge < -0.3 is 14.8 Å². The van der Waals surface area contributed by atoms with Gasteiger partial charge >= 0.3 is 5.97 Å². The molecular weight excluding hydrogens is 270 g/mol. The average molecular weight is 285 g/mol. The maximum atomic E-state index is 12.2. The first-order chi connectivity index (χ1) is 10.1. The summed E-state index contributed by atoms with van der Waals surface area (Å²) in [6.07, 6.45) is 3.38. The highest BCUT2D eigenvalue weighted by molar-refractivity contribution is 5.98. The molecule has 2 N–H and O–H groups in total. The largest absolute Gasteiger partial charge is 0.480 e. The molecule has 0 atom stereocenters. The molecule has 5 nitrogen and oxygen atoms in total. The van der Waals surface area contributed by atoms with E-state index in [9.17, 15) is 14.7 Å². The van der Waals surface area contributed by atoms with Crippen LogP contribution in [0.5, 0.6) is 0 Å². The Balaban J connectivity index is 1.75. The highest BCUT2D eigenvalue weighted by atomic mass is 16.4. The van der Waals surface area contributed by atoms with E-state index in [2.05, 4.69) is 5.32 Å². The van der Waals surface area contributed by atoms with E-state index >= 15 is 0 Å². The van der Waals surface area contributed by atoms with Crippen LogP contribution in [-0.2, 0) is 4.79 Å². The Bertz CT molecular complexity index is 654. The predicted octanol–water partition coefficient (Wildman–Crippen LogP) is 2.68. The Labute approximate surface area is 121 Å². The second-order valence-corrected chi connectivity index (χ2v) is 5.25. The van der Waals surface area contributed by atoms with Gasteiger partial charge in [0.1, 0.15) is 11.3 Å². The molecule has 0 bridgehead atoms.